The number of amides is 1. The second-order valence-corrected chi connectivity index (χ2v) is 8.42. The number of carbonyl (C=O) groups is 2. The Labute approximate surface area is 176 Å². The van der Waals surface area contributed by atoms with Gasteiger partial charge in [-0.3, -0.25) is 4.79 Å². The first-order valence-corrected chi connectivity index (χ1v) is 10.1. The molecule has 0 radical (unpaired) electrons. The Morgan fingerprint density at radius 3 is 2.84 bits per heavy atom. The standard InChI is InChI=1S/C19H22BN4O7/c21-14(3-9-5-22-8-23-9)18(25)24-6-10(7-24)30-15-2-1-11-12-4-13(12)20(28,29)31-17(11)16(15)19(26)27/h1-2,5,8,10,12-14,28-29H,3-4,6-7,21H2,(H,22,23)(H,26,27)/q-1/t12?,13-,14-/m1/s1. The molecule has 2 fully saturated rings. The fourth-order valence-corrected chi connectivity index (χ4v) is 4.44. The van der Waals surface area contributed by atoms with Crippen molar-refractivity contribution in [2.45, 2.75) is 36.7 Å². The van der Waals surface area contributed by atoms with E-state index >= 15 is 0 Å². The SMILES string of the molecule is N[C@H](Cc1cnc[nH]1)C(=O)N1CC(Oc2ccc3c(c2C(=O)O)O[B-](O)(O)[C@@H]2CC32)C1. The minimum atomic E-state index is -3.10. The van der Waals surface area contributed by atoms with Crippen LogP contribution in [0, 0.1) is 0 Å². The lowest BCUT2D eigenvalue weighted by Crippen LogP contribution is -2.60. The summed E-state index contributed by atoms with van der Waals surface area (Å²) in [7, 11) is 0. The molecule has 3 heterocycles. The van der Waals surface area contributed by atoms with Gasteiger partial charge >= 0.3 is 12.7 Å². The van der Waals surface area contributed by atoms with Gasteiger partial charge in [0, 0.05) is 18.3 Å². The van der Waals surface area contributed by atoms with Crippen LogP contribution in [0.3, 0.4) is 0 Å². The average Bonchev–Trinajstić information content (AvgIpc) is 3.34. The molecule has 164 valence electrons. The van der Waals surface area contributed by atoms with Crippen LogP contribution in [-0.2, 0) is 11.2 Å². The largest absolute Gasteiger partial charge is 0.669 e. The Hall–Kier alpha value is -3.09. The molecule has 1 saturated carbocycles. The van der Waals surface area contributed by atoms with Gasteiger partial charge in [0.25, 0.3) is 0 Å². The number of nitrogens with one attached hydrogen (secondary N) is 1. The molecule has 3 atom stereocenters. The van der Waals surface area contributed by atoms with E-state index in [9.17, 15) is 24.7 Å². The first kappa shape index (κ1) is 19.9. The highest BCUT2D eigenvalue weighted by Crippen LogP contribution is 2.63. The number of carbonyl (C=O) groups excluding carboxylic acids is 1. The number of benzene rings is 1. The highest BCUT2D eigenvalue weighted by molar-refractivity contribution is 6.62. The van der Waals surface area contributed by atoms with E-state index in [1.54, 1.807) is 23.2 Å². The molecule has 0 bridgehead atoms. The Morgan fingerprint density at radius 1 is 1.39 bits per heavy atom. The Balaban J connectivity index is 1.27. The van der Waals surface area contributed by atoms with Crippen molar-refractivity contribution < 1.29 is 34.1 Å². The summed E-state index contributed by atoms with van der Waals surface area (Å²) in [4.78, 5) is 32.7. The molecule has 5 rings (SSSR count). The maximum Gasteiger partial charge on any atom is 0.434 e. The molecule has 1 aromatic carbocycles. The van der Waals surface area contributed by atoms with Crippen LogP contribution in [0.5, 0.6) is 11.5 Å². The van der Waals surface area contributed by atoms with Crippen LogP contribution in [0.1, 0.15) is 34.0 Å². The molecule has 1 aliphatic carbocycles. The summed E-state index contributed by atoms with van der Waals surface area (Å²) in [5.41, 5.74) is 7.15. The van der Waals surface area contributed by atoms with E-state index in [4.69, 9.17) is 15.1 Å². The molecule has 1 aromatic heterocycles. The van der Waals surface area contributed by atoms with Crippen molar-refractivity contribution in [1.29, 1.82) is 0 Å². The van der Waals surface area contributed by atoms with Gasteiger partial charge in [0.05, 0.1) is 31.2 Å². The molecule has 1 amide bonds. The highest BCUT2D eigenvalue weighted by Gasteiger charge is 2.55. The van der Waals surface area contributed by atoms with E-state index < -0.39 is 30.7 Å². The average molecular weight is 429 g/mol. The Kier molecular flexibility index (Phi) is 4.47. The van der Waals surface area contributed by atoms with Crippen LogP contribution < -0.4 is 15.1 Å². The first-order chi connectivity index (χ1) is 14.7. The Morgan fingerprint density at radius 2 is 2.16 bits per heavy atom. The van der Waals surface area contributed by atoms with Gasteiger partial charge in [0.15, 0.2) is 0 Å². The minimum Gasteiger partial charge on any atom is -0.669 e. The zero-order valence-electron chi connectivity index (χ0n) is 16.5. The zero-order chi connectivity index (χ0) is 21.9. The van der Waals surface area contributed by atoms with E-state index in [1.807, 2.05) is 0 Å². The monoisotopic (exact) mass is 429 g/mol. The van der Waals surface area contributed by atoms with Gasteiger partial charge in [-0.15, -0.1) is 0 Å². The van der Waals surface area contributed by atoms with Gasteiger partial charge in [-0.05, 0) is 17.5 Å². The van der Waals surface area contributed by atoms with Gasteiger partial charge in [0.1, 0.15) is 17.4 Å². The smallest absolute Gasteiger partial charge is 0.434 e. The fourth-order valence-electron chi connectivity index (χ4n) is 4.44. The fraction of sp³-hybridized carbons (Fsp3) is 0.421. The van der Waals surface area contributed by atoms with Crippen molar-refractivity contribution in [2.24, 2.45) is 5.73 Å². The molecule has 1 saturated heterocycles. The number of aromatic nitrogens is 2. The number of likely N-dealkylation sites (tertiary alicyclic amines) is 1. The van der Waals surface area contributed by atoms with Crippen molar-refractivity contribution in [3.05, 3.63) is 41.5 Å². The second kappa shape index (κ2) is 6.97. The number of nitrogens with two attached hydrogens (primary N) is 1. The van der Waals surface area contributed by atoms with Crippen molar-refractivity contribution in [1.82, 2.24) is 14.9 Å². The normalized spacial score (nSPS) is 24.3. The Bertz CT molecular complexity index is 1040. The number of hydrogen-bond acceptors (Lipinski definition) is 8. The number of imidazole rings is 1. The predicted octanol–water partition coefficient (Wildman–Crippen LogP) is -0.559. The number of carboxylic acid groups (broad SMARTS) is 1. The molecule has 1 unspecified atom stereocenters. The third kappa shape index (κ3) is 3.42. The molecular formula is C19H22BN4O7-. The number of hydrogen-bond donors (Lipinski definition) is 5. The van der Waals surface area contributed by atoms with Gasteiger partial charge in [0.2, 0.25) is 5.91 Å². The lowest BCUT2D eigenvalue weighted by molar-refractivity contribution is -0.141. The van der Waals surface area contributed by atoms with Crippen molar-refractivity contribution in [2.75, 3.05) is 13.1 Å². The van der Waals surface area contributed by atoms with Crippen LogP contribution >= 0.6 is 0 Å². The molecule has 31 heavy (non-hydrogen) atoms. The number of rotatable bonds is 6. The number of fused-ring (bicyclic) bond motifs is 3. The molecule has 2 aromatic rings. The molecule has 12 heteroatoms. The highest BCUT2D eigenvalue weighted by atomic mass is 16.6. The zero-order valence-corrected chi connectivity index (χ0v) is 16.5. The maximum atomic E-state index is 12.5. The third-order valence-electron chi connectivity index (χ3n) is 6.22. The van der Waals surface area contributed by atoms with E-state index in [0.717, 1.165) is 5.69 Å². The quantitative estimate of drug-likeness (QED) is 0.378. The first-order valence-electron chi connectivity index (χ1n) is 10.1. The van der Waals surface area contributed by atoms with Crippen molar-refractivity contribution in [3.8, 4) is 11.5 Å². The van der Waals surface area contributed by atoms with Crippen LogP contribution in [0.2, 0.25) is 5.82 Å². The van der Waals surface area contributed by atoms with Gasteiger partial charge in [-0.1, -0.05) is 18.3 Å². The topological polar surface area (TPSA) is 171 Å². The molecule has 11 nitrogen and oxygen atoms in total. The van der Waals surface area contributed by atoms with E-state index in [-0.39, 0.29) is 42.0 Å². The lowest BCUT2D eigenvalue weighted by atomic mass is 9.68. The number of aromatic amines is 1. The molecule has 2 aliphatic heterocycles. The summed E-state index contributed by atoms with van der Waals surface area (Å²) < 4.78 is 11.1. The third-order valence-corrected chi connectivity index (χ3v) is 6.22. The molecular weight excluding hydrogens is 407 g/mol. The number of carboxylic acids is 1. The summed E-state index contributed by atoms with van der Waals surface area (Å²) in [6.07, 6.45) is 3.59. The number of aromatic carboxylic acids is 1. The summed E-state index contributed by atoms with van der Waals surface area (Å²) in [6, 6.07) is 2.54. The van der Waals surface area contributed by atoms with Crippen molar-refractivity contribution >= 4 is 18.6 Å². The van der Waals surface area contributed by atoms with Crippen LogP contribution in [0.15, 0.2) is 24.7 Å². The van der Waals surface area contributed by atoms with Gasteiger partial charge in [-0.2, -0.15) is 0 Å². The molecule has 6 N–H and O–H groups in total. The summed E-state index contributed by atoms with van der Waals surface area (Å²) in [5, 5.41) is 29.9. The van der Waals surface area contributed by atoms with Crippen molar-refractivity contribution in [3.63, 3.8) is 0 Å². The van der Waals surface area contributed by atoms with E-state index in [1.165, 1.54) is 6.33 Å². The van der Waals surface area contributed by atoms with Crippen LogP contribution in [0.25, 0.3) is 0 Å². The lowest BCUT2D eigenvalue weighted by Gasteiger charge is -2.41. The number of ether oxygens (including phenoxy) is 1. The molecule has 0 spiro atoms. The summed E-state index contributed by atoms with van der Waals surface area (Å²) in [5.74, 6) is -2.03. The van der Waals surface area contributed by atoms with Gasteiger partial charge in [-0.25, -0.2) is 9.78 Å². The molecule has 3 aliphatic rings. The number of nitrogens with zero attached hydrogens (tertiary/aromatic N) is 2. The number of H-pyrrole nitrogens is 1. The van der Waals surface area contributed by atoms with Gasteiger partial charge < -0.3 is 40.2 Å². The predicted molar refractivity (Wildman–Crippen MR) is 107 cm³/mol. The summed E-state index contributed by atoms with van der Waals surface area (Å²) in [6.45, 7) is -2.56. The minimum absolute atomic E-state index is 0.0532. The maximum absolute atomic E-state index is 12.5. The summed E-state index contributed by atoms with van der Waals surface area (Å²) >= 11 is 0. The van der Waals surface area contributed by atoms with Crippen LogP contribution in [0.4, 0.5) is 0 Å². The second-order valence-electron chi connectivity index (χ2n) is 8.42. The van der Waals surface area contributed by atoms with Crippen LogP contribution in [-0.4, -0.2) is 73.9 Å². The van der Waals surface area contributed by atoms with E-state index in [0.29, 0.717) is 18.4 Å². The van der Waals surface area contributed by atoms with E-state index in [2.05, 4.69) is 9.97 Å².